The monoisotopic (exact) mass is 581 g/mol. The summed E-state index contributed by atoms with van der Waals surface area (Å²) in [6.07, 6.45) is 11.3. The standard InChI is InChI=1S/C27H32ClN3O.C8H8N2/c28-25-23(9-5-16-30-25)26(32)31-18-14-27(15-19-31,21-7-2-1-3-8-21)13-17-29-24-10-4-6-20-11-12-22(20)24;1-6-9-7-4-2-3-5-8(7)10-6/h1-3,5,7-9,16,20,22H,4,6,10-15,17-19H2;2-5H,1H3,(H,9,10). The van der Waals surface area contributed by atoms with Crippen LogP contribution in [-0.4, -0.2) is 51.1 Å². The maximum atomic E-state index is 13.0. The number of aryl methyl sites for hydroxylation is 1. The first-order valence-corrected chi connectivity index (χ1v) is 15.8. The van der Waals surface area contributed by atoms with Crippen LogP contribution in [-0.2, 0) is 5.41 Å². The van der Waals surface area contributed by atoms with Gasteiger partial charge in [-0.15, -0.1) is 0 Å². The molecule has 3 aliphatic rings. The minimum Gasteiger partial charge on any atom is -0.342 e. The predicted molar refractivity (Wildman–Crippen MR) is 170 cm³/mol. The van der Waals surface area contributed by atoms with Crippen molar-refractivity contribution in [3.05, 3.63) is 95.0 Å². The zero-order valence-corrected chi connectivity index (χ0v) is 25.2. The van der Waals surface area contributed by atoms with E-state index in [9.17, 15) is 4.79 Å². The summed E-state index contributed by atoms with van der Waals surface area (Å²) in [5.74, 6) is 2.66. The Kier molecular flexibility index (Phi) is 8.71. The summed E-state index contributed by atoms with van der Waals surface area (Å²) < 4.78 is 0. The average molecular weight is 582 g/mol. The first-order chi connectivity index (χ1) is 20.5. The Labute approximate surface area is 253 Å². The van der Waals surface area contributed by atoms with E-state index in [-0.39, 0.29) is 16.5 Å². The summed E-state index contributed by atoms with van der Waals surface area (Å²) in [5, 5.41) is 0.287. The lowest BCUT2D eigenvalue weighted by molar-refractivity contribution is 0.0660. The number of H-pyrrole nitrogens is 1. The second kappa shape index (κ2) is 12.8. The Morgan fingerprint density at radius 3 is 2.55 bits per heavy atom. The number of benzene rings is 2. The number of amides is 1. The lowest BCUT2D eigenvalue weighted by atomic mass is 9.64. The van der Waals surface area contributed by atoms with Crippen LogP contribution in [0.3, 0.4) is 0 Å². The third-order valence-electron chi connectivity index (χ3n) is 9.65. The number of carbonyl (C=O) groups is 1. The number of fused-ring (bicyclic) bond motifs is 2. The number of carbonyl (C=O) groups excluding carboxylic acids is 1. The fraction of sp³-hybridized carbons (Fsp3) is 0.429. The van der Waals surface area contributed by atoms with Gasteiger partial charge in [0, 0.05) is 37.0 Å². The fourth-order valence-electron chi connectivity index (χ4n) is 7.10. The highest BCUT2D eigenvalue weighted by molar-refractivity contribution is 6.32. The summed E-state index contributed by atoms with van der Waals surface area (Å²) in [6, 6.07) is 22.4. The van der Waals surface area contributed by atoms with Crippen LogP contribution < -0.4 is 0 Å². The van der Waals surface area contributed by atoms with Crippen LogP contribution >= 0.6 is 11.6 Å². The number of likely N-dealkylation sites (tertiary alicyclic amines) is 1. The van der Waals surface area contributed by atoms with Crippen LogP contribution in [0.15, 0.2) is 77.9 Å². The normalized spacial score (nSPS) is 22.1. The number of imidazole rings is 1. The quantitative estimate of drug-likeness (QED) is 0.244. The minimum absolute atomic E-state index is 0.0109. The van der Waals surface area contributed by atoms with E-state index in [4.69, 9.17) is 16.6 Å². The van der Waals surface area contributed by atoms with E-state index >= 15 is 0 Å². The number of aromatic nitrogens is 3. The molecule has 7 heteroatoms. The van der Waals surface area contributed by atoms with Crippen molar-refractivity contribution in [2.24, 2.45) is 16.8 Å². The molecule has 1 saturated heterocycles. The number of piperidine rings is 1. The largest absolute Gasteiger partial charge is 0.342 e. The summed E-state index contributed by atoms with van der Waals surface area (Å²) in [5.41, 5.74) is 5.61. The summed E-state index contributed by atoms with van der Waals surface area (Å²) in [4.78, 5) is 31.6. The van der Waals surface area contributed by atoms with Gasteiger partial charge in [0.2, 0.25) is 0 Å². The maximum Gasteiger partial charge on any atom is 0.256 e. The van der Waals surface area contributed by atoms with Gasteiger partial charge in [0.15, 0.2) is 0 Å². The number of aliphatic imine (C=N–C) groups is 1. The Balaban J connectivity index is 0.000000265. The van der Waals surface area contributed by atoms with Crippen LogP contribution in [0.25, 0.3) is 11.0 Å². The lowest BCUT2D eigenvalue weighted by Crippen LogP contribution is -2.45. The zero-order chi connectivity index (χ0) is 28.9. The highest BCUT2D eigenvalue weighted by Crippen LogP contribution is 2.44. The Morgan fingerprint density at radius 1 is 1.02 bits per heavy atom. The summed E-state index contributed by atoms with van der Waals surface area (Å²) >= 11 is 6.19. The van der Waals surface area contributed by atoms with Crippen molar-refractivity contribution in [1.82, 2.24) is 19.9 Å². The van der Waals surface area contributed by atoms with Crippen molar-refractivity contribution >= 4 is 34.3 Å². The molecule has 1 amide bonds. The molecular weight excluding hydrogens is 542 g/mol. The van der Waals surface area contributed by atoms with Gasteiger partial charge in [0.25, 0.3) is 5.91 Å². The van der Waals surface area contributed by atoms with Gasteiger partial charge >= 0.3 is 0 Å². The molecule has 7 rings (SSSR count). The van der Waals surface area contributed by atoms with E-state index in [0.717, 1.165) is 67.6 Å². The molecule has 0 radical (unpaired) electrons. The van der Waals surface area contributed by atoms with E-state index in [1.807, 2.05) is 36.1 Å². The van der Waals surface area contributed by atoms with Crippen LogP contribution in [0.4, 0.5) is 0 Å². The van der Waals surface area contributed by atoms with Crippen molar-refractivity contribution in [2.45, 2.75) is 63.7 Å². The molecular formula is C35H40ClN5O. The van der Waals surface area contributed by atoms with Crippen LogP contribution in [0, 0.1) is 18.8 Å². The van der Waals surface area contributed by atoms with Crippen molar-refractivity contribution in [2.75, 3.05) is 19.6 Å². The summed E-state index contributed by atoms with van der Waals surface area (Å²) in [7, 11) is 0. The molecule has 2 aromatic heterocycles. The number of para-hydroxylation sites is 2. The number of halogens is 1. The number of aromatic amines is 1. The number of nitrogens with one attached hydrogen (secondary N) is 1. The van der Waals surface area contributed by atoms with Gasteiger partial charge in [0.1, 0.15) is 11.0 Å². The first kappa shape index (κ1) is 28.6. The van der Waals surface area contributed by atoms with Crippen LogP contribution in [0.5, 0.6) is 0 Å². The second-order valence-corrected chi connectivity index (χ2v) is 12.4. The molecule has 2 atom stereocenters. The molecule has 0 spiro atoms. The molecule has 6 nitrogen and oxygen atoms in total. The van der Waals surface area contributed by atoms with Crippen molar-refractivity contribution in [1.29, 1.82) is 0 Å². The molecule has 2 unspecified atom stereocenters. The van der Waals surface area contributed by atoms with Crippen molar-refractivity contribution < 1.29 is 4.79 Å². The highest BCUT2D eigenvalue weighted by Gasteiger charge is 2.39. The third kappa shape index (κ3) is 6.14. The van der Waals surface area contributed by atoms with Gasteiger partial charge in [-0.3, -0.25) is 9.79 Å². The third-order valence-corrected chi connectivity index (χ3v) is 9.95. The Morgan fingerprint density at radius 2 is 1.81 bits per heavy atom. The molecule has 42 heavy (non-hydrogen) atoms. The number of nitrogens with zero attached hydrogens (tertiary/aromatic N) is 4. The molecule has 0 bridgehead atoms. The number of hydrogen-bond acceptors (Lipinski definition) is 4. The second-order valence-electron chi connectivity index (χ2n) is 12.1. The SMILES string of the molecule is Cc1nc2ccccc2[nH]1.O=C(c1cccnc1Cl)N1CCC(CCN=C2CCCC3CCC23)(c2ccccc2)CC1. The topological polar surface area (TPSA) is 74.2 Å². The van der Waals surface area contributed by atoms with Gasteiger partial charge in [0.05, 0.1) is 16.6 Å². The van der Waals surface area contributed by atoms with E-state index in [2.05, 4.69) is 45.3 Å². The molecule has 1 aliphatic heterocycles. The van der Waals surface area contributed by atoms with Gasteiger partial charge < -0.3 is 9.88 Å². The van der Waals surface area contributed by atoms with E-state index < -0.39 is 0 Å². The smallest absolute Gasteiger partial charge is 0.256 e. The van der Waals surface area contributed by atoms with Crippen LogP contribution in [0.2, 0.25) is 5.15 Å². The lowest BCUT2D eigenvalue weighted by Gasteiger charge is -2.43. The van der Waals surface area contributed by atoms with Gasteiger partial charge in [-0.05, 0) is 100.0 Å². The molecule has 2 aromatic carbocycles. The van der Waals surface area contributed by atoms with E-state index in [0.29, 0.717) is 5.56 Å². The molecule has 1 N–H and O–H groups in total. The molecule has 3 heterocycles. The minimum atomic E-state index is -0.0109. The maximum absolute atomic E-state index is 13.0. The molecule has 2 saturated carbocycles. The zero-order valence-electron chi connectivity index (χ0n) is 24.4. The Bertz CT molecular complexity index is 1510. The van der Waals surface area contributed by atoms with E-state index in [1.54, 1.807) is 18.3 Å². The van der Waals surface area contributed by atoms with Gasteiger partial charge in [-0.1, -0.05) is 54.1 Å². The molecule has 3 fully saturated rings. The number of rotatable bonds is 5. The van der Waals surface area contributed by atoms with E-state index in [1.165, 1.54) is 43.4 Å². The molecule has 2 aliphatic carbocycles. The van der Waals surface area contributed by atoms with Crippen molar-refractivity contribution in [3.8, 4) is 0 Å². The average Bonchev–Trinajstić information content (AvgIpc) is 3.39. The van der Waals surface area contributed by atoms with Gasteiger partial charge in [-0.2, -0.15) is 0 Å². The van der Waals surface area contributed by atoms with Crippen LogP contribution in [0.1, 0.15) is 73.1 Å². The molecule has 4 aromatic rings. The fourth-order valence-corrected chi connectivity index (χ4v) is 7.30. The number of pyridine rings is 1. The summed E-state index contributed by atoms with van der Waals surface area (Å²) in [6.45, 7) is 4.33. The number of hydrogen-bond donors (Lipinski definition) is 1. The highest BCUT2D eigenvalue weighted by atomic mass is 35.5. The Hall–Kier alpha value is -3.51. The predicted octanol–water partition coefficient (Wildman–Crippen LogP) is 7.82. The van der Waals surface area contributed by atoms with Crippen molar-refractivity contribution in [3.63, 3.8) is 0 Å². The molecule has 218 valence electrons. The first-order valence-electron chi connectivity index (χ1n) is 15.4. The van der Waals surface area contributed by atoms with Gasteiger partial charge in [-0.25, -0.2) is 9.97 Å².